The smallest absolute Gasteiger partial charge is 0.258 e. The highest BCUT2D eigenvalue weighted by molar-refractivity contribution is 7.80. The first-order valence-electron chi connectivity index (χ1n) is 8.29. The number of rotatable bonds is 5. The van der Waals surface area contributed by atoms with E-state index in [1.165, 1.54) is 0 Å². The van der Waals surface area contributed by atoms with Crippen LogP contribution in [0.1, 0.15) is 25.6 Å². The normalized spacial score (nSPS) is 17.1. The molecule has 0 bridgehead atoms. The first-order valence-corrected chi connectivity index (χ1v) is 8.70. The standard InChI is InChI=1S/C17H22N4O2S/c1-2-18-17(24)21(10-12-6-5-9-23-12)11-15-19-14-8-4-3-7-13(14)16(22)20-15/h3-4,7-8,12H,2,5-6,9-11H2,1H3,(H,18,24)(H,19,20,22)/t12-/m0/s1. The lowest BCUT2D eigenvalue weighted by Crippen LogP contribution is -2.43. The molecule has 0 spiro atoms. The average molecular weight is 346 g/mol. The van der Waals surface area contributed by atoms with Gasteiger partial charge in [-0.1, -0.05) is 12.1 Å². The maximum absolute atomic E-state index is 12.2. The Hall–Kier alpha value is -1.99. The minimum atomic E-state index is -0.123. The Balaban J connectivity index is 1.83. The lowest BCUT2D eigenvalue weighted by Gasteiger charge is -2.27. The molecule has 24 heavy (non-hydrogen) atoms. The maximum Gasteiger partial charge on any atom is 0.258 e. The Morgan fingerprint density at radius 2 is 2.33 bits per heavy atom. The summed E-state index contributed by atoms with van der Waals surface area (Å²) in [6.45, 7) is 4.71. The first-order chi connectivity index (χ1) is 11.7. The molecule has 1 atom stereocenters. The van der Waals surface area contributed by atoms with Crippen LogP contribution >= 0.6 is 12.2 Å². The van der Waals surface area contributed by atoms with Gasteiger partial charge in [0.25, 0.3) is 5.56 Å². The number of hydrogen-bond acceptors (Lipinski definition) is 4. The number of nitrogens with one attached hydrogen (secondary N) is 2. The van der Waals surface area contributed by atoms with Crippen molar-refractivity contribution in [3.63, 3.8) is 0 Å². The maximum atomic E-state index is 12.2. The quantitative estimate of drug-likeness (QED) is 0.805. The van der Waals surface area contributed by atoms with E-state index in [-0.39, 0.29) is 11.7 Å². The van der Waals surface area contributed by atoms with Crippen LogP contribution in [0.15, 0.2) is 29.1 Å². The highest BCUT2D eigenvalue weighted by Gasteiger charge is 2.21. The van der Waals surface area contributed by atoms with E-state index >= 15 is 0 Å². The molecule has 0 radical (unpaired) electrons. The Labute approximate surface area is 146 Å². The lowest BCUT2D eigenvalue weighted by molar-refractivity contribution is 0.0893. The molecule has 1 aromatic carbocycles. The lowest BCUT2D eigenvalue weighted by atomic mass is 10.2. The Morgan fingerprint density at radius 1 is 1.50 bits per heavy atom. The third kappa shape index (κ3) is 3.91. The number of ether oxygens (including phenoxy) is 1. The van der Waals surface area contributed by atoms with E-state index in [2.05, 4.69) is 15.3 Å². The number of H-pyrrole nitrogens is 1. The van der Waals surface area contributed by atoms with Gasteiger partial charge in [-0.3, -0.25) is 4.79 Å². The van der Waals surface area contributed by atoms with E-state index in [1.54, 1.807) is 6.07 Å². The van der Waals surface area contributed by atoms with Gasteiger partial charge in [-0.25, -0.2) is 4.98 Å². The fraction of sp³-hybridized carbons (Fsp3) is 0.471. The van der Waals surface area contributed by atoms with Crippen LogP contribution in [0.3, 0.4) is 0 Å². The van der Waals surface area contributed by atoms with Gasteiger partial charge in [0.05, 0.1) is 23.6 Å². The van der Waals surface area contributed by atoms with E-state index in [4.69, 9.17) is 17.0 Å². The number of nitrogens with zero attached hydrogens (tertiary/aromatic N) is 2. The van der Waals surface area contributed by atoms with Gasteiger partial charge >= 0.3 is 0 Å². The van der Waals surface area contributed by atoms with Crippen LogP contribution in [-0.2, 0) is 11.3 Å². The largest absolute Gasteiger partial charge is 0.376 e. The Bertz CT molecular complexity index is 771. The summed E-state index contributed by atoms with van der Waals surface area (Å²) >= 11 is 5.48. The number of hydrogen-bond donors (Lipinski definition) is 2. The molecule has 2 heterocycles. The summed E-state index contributed by atoms with van der Waals surface area (Å²) in [5, 5.41) is 4.43. The highest BCUT2D eigenvalue weighted by Crippen LogP contribution is 2.15. The van der Waals surface area contributed by atoms with Crippen LogP contribution in [0.25, 0.3) is 10.9 Å². The van der Waals surface area contributed by atoms with E-state index in [0.29, 0.717) is 34.9 Å². The van der Waals surface area contributed by atoms with Crippen molar-refractivity contribution in [2.75, 3.05) is 19.7 Å². The second-order valence-corrected chi connectivity index (χ2v) is 6.27. The molecule has 2 aromatic rings. The molecule has 0 unspecified atom stereocenters. The number of aromatic amines is 1. The second-order valence-electron chi connectivity index (χ2n) is 5.88. The van der Waals surface area contributed by atoms with E-state index in [0.717, 1.165) is 26.0 Å². The summed E-state index contributed by atoms with van der Waals surface area (Å²) in [5.41, 5.74) is 0.574. The molecule has 1 aromatic heterocycles. The van der Waals surface area contributed by atoms with Crippen molar-refractivity contribution in [2.45, 2.75) is 32.4 Å². The fourth-order valence-corrected chi connectivity index (χ4v) is 3.19. The van der Waals surface area contributed by atoms with Gasteiger partial charge in [0, 0.05) is 19.7 Å². The SMILES string of the molecule is CCNC(=S)N(Cc1nc2ccccc2c(=O)[nH]1)C[C@@H]1CCCO1. The highest BCUT2D eigenvalue weighted by atomic mass is 32.1. The molecule has 0 saturated carbocycles. The minimum absolute atomic E-state index is 0.123. The number of fused-ring (bicyclic) bond motifs is 1. The second kappa shape index (κ2) is 7.72. The van der Waals surface area contributed by atoms with Crippen LogP contribution in [0, 0.1) is 0 Å². The molecule has 0 aliphatic carbocycles. The van der Waals surface area contributed by atoms with Crippen LogP contribution in [-0.4, -0.2) is 45.8 Å². The van der Waals surface area contributed by atoms with Crippen molar-refractivity contribution in [1.29, 1.82) is 0 Å². The van der Waals surface area contributed by atoms with E-state index in [9.17, 15) is 4.79 Å². The van der Waals surface area contributed by atoms with Gasteiger partial charge in [-0.05, 0) is 44.1 Å². The van der Waals surface area contributed by atoms with Crippen molar-refractivity contribution >= 4 is 28.2 Å². The van der Waals surface area contributed by atoms with Crippen molar-refractivity contribution < 1.29 is 4.74 Å². The summed E-state index contributed by atoms with van der Waals surface area (Å²) in [7, 11) is 0. The summed E-state index contributed by atoms with van der Waals surface area (Å²) in [6.07, 6.45) is 2.29. The van der Waals surface area contributed by atoms with E-state index < -0.39 is 0 Å². The van der Waals surface area contributed by atoms with Gasteiger partial charge in [-0.15, -0.1) is 0 Å². The van der Waals surface area contributed by atoms with Crippen LogP contribution in [0.5, 0.6) is 0 Å². The van der Waals surface area contributed by atoms with Gasteiger partial charge in [-0.2, -0.15) is 0 Å². The van der Waals surface area contributed by atoms with Crippen molar-refractivity contribution in [3.8, 4) is 0 Å². The van der Waals surface area contributed by atoms with Crippen molar-refractivity contribution in [3.05, 3.63) is 40.4 Å². The molecular weight excluding hydrogens is 324 g/mol. The summed E-state index contributed by atoms with van der Waals surface area (Å²) in [6, 6.07) is 7.34. The number of aromatic nitrogens is 2. The molecule has 6 nitrogen and oxygen atoms in total. The molecule has 0 amide bonds. The van der Waals surface area contributed by atoms with Gasteiger partial charge in [0.15, 0.2) is 5.11 Å². The van der Waals surface area contributed by atoms with Crippen molar-refractivity contribution in [2.24, 2.45) is 0 Å². The molecule has 1 aliphatic heterocycles. The fourth-order valence-electron chi connectivity index (χ4n) is 2.91. The predicted molar refractivity (Wildman–Crippen MR) is 98.0 cm³/mol. The third-order valence-electron chi connectivity index (χ3n) is 4.07. The first kappa shape index (κ1) is 16.9. The number of para-hydroxylation sites is 1. The minimum Gasteiger partial charge on any atom is -0.376 e. The van der Waals surface area contributed by atoms with Crippen LogP contribution in [0.2, 0.25) is 0 Å². The monoisotopic (exact) mass is 346 g/mol. The topological polar surface area (TPSA) is 70.2 Å². The molecule has 128 valence electrons. The summed E-state index contributed by atoms with van der Waals surface area (Å²) in [5.74, 6) is 0.608. The van der Waals surface area contributed by atoms with Gasteiger partial charge < -0.3 is 19.9 Å². The molecule has 2 N–H and O–H groups in total. The average Bonchev–Trinajstić information content (AvgIpc) is 3.08. The van der Waals surface area contributed by atoms with Crippen LogP contribution in [0.4, 0.5) is 0 Å². The summed E-state index contributed by atoms with van der Waals surface area (Å²) < 4.78 is 5.72. The number of thiocarbonyl (C=S) groups is 1. The Morgan fingerprint density at radius 3 is 3.08 bits per heavy atom. The van der Waals surface area contributed by atoms with Gasteiger partial charge in [0.2, 0.25) is 0 Å². The zero-order valence-corrected chi connectivity index (χ0v) is 14.6. The van der Waals surface area contributed by atoms with E-state index in [1.807, 2.05) is 30.0 Å². The zero-order chi connectivity index (χ0) is 16.9. The summed E-state index contributed by atoms with van der Waals surface area (Å²) in [4.78, 5) is 21.7. The molecule has 7 heteroatoms. The Kier molecular flexibility index (Phi) is 5.42. The van der Waals surface area contributed by atoms with Crippen molar-refractivity contribution in [1.82, 2.24) is 20.2 Å². The van der Waals surface area contributed by atoms with Gasteiger partial charge in [0.1, 0.15) is 5.82 Å². The third-order valence-corrected chi connectivity index (χ3v) is 4.47. The van der Waals surface area contributed by atoms with Crippen LogP contribution < -0.4 is 10.9 Å². The number of benzene rings is 1. The molecule has 1 fully saturated rings. The zero-order valence-electron chi connectivity index (χ0n) is 13.7. The molecule has 1 saturated heterocycles. The molecule has 1 aliphatic rings. The molecular formula is C17H22N4O2S. The predicted octanol–water partition coefficient (Wildman–Crippen LogP) is 1.80. The molecule has 3 rings (SSSR count).